The van der Waals surface area contributed by atoms with Gasteiger partial charge in [0.1, 0.15) is 10.8 Å². The minimum atomic E-state index is -2.94. The van der Waals surface area contributed by atoms with Crippen LogP contribution in [0, 0.1) is 6.92 Å². The smallest absolute Gasteiger partial charge is 0.387 e. The Bertz CT molecular complexity index is 616. The van der Waals surface area contributed by atoms with Gasteiger partial charge in [0.25, 0.3) is 0 Å². The molecular formula is C12H8ClF2NO2S. The average molecular weight is 304 g/mol. The maximum atomic E-state index is 12.3. The lowest BCUT2D eigenvalue weighted by Crippen LogP contribution is -2.03. The Morgan fingerprint density at radius 1 is 1.47 bits per heavy atom. The molecule has 0 spiro atoms. The Balaban J connectivity index is 2.52. The van der Waals surface area contributed by atoms with Crippen LogP contribution in [-0.2, 0) is 0 Å². The molecule has 0 aliphatic heterocycles. The number of hydrogen-bond acceptors (Lipinski definition) is 4. The number of ether oxygens (including phenoxy) is 1. The van der Waals surface area contributed by atoms with Crippen molar-refractivity contribution in [3.8, 4) is 16.3 Å². The second-order valence-corrected chi connectivity index (χ2v) is 5.07. The largest absolute Gasteiger partial charge is 0.434 e. The van der Waals surface area contributed by atoms with Crippen LogP contribution in [0.25, 0.3) is 10.6 Å². The zero-order valence-corrected chi connectivity index (χ0v) is 11.3. The fourth-order valence-electron chi connectivity index (χ4n) is 1.50. The van der Waals surface area contributed by atoms with Crippen molar-refractivity contribution >= 4 is 29.2 Å². The summed E-state index contributed by atoms with van der Waals surface area (Å²) in [6, 6.07) is 4.27. The summed E-state index contributed by atoms with van der Waals surface area (Å²) in [5.41, 5.74) is 0.881. The Hall–Kier alpha value is -1.53. The van der Waals surface area contributed by atoms with Gasteiger partial charge < -0.3 is 4.74 Å². The summed E-state index contributed by atoms with van der Waals surface area (Å²) < 4.78 is 29.1. The van der Waals surface area contributed by atoms with Crippen molar-refractivity contribution < 1.29 is 18.3 Å². The van der Waals surface area contributed by atoms with Gasteiger partial charge in [-0.15, -0.1) is 11.3 Å². The van der Waals surface area contributed by atoms with Gasteiger partial charge in [-0.05, 0) is 25.1 Å². The number of carbonyl (C=O) groups excluding carboxylic acids is 1. The summed E-state index contributed by atoms with van der Waals surface area (Å²) in [5, 5.41) is 0.787. The Morgan fingerprint density at radius 3 is 2.79 bits per heavy atom. The predicted octanol–water partition coefficient (Wildman–Crippen LogP) is 4.19. The van der Waals surface area contributed by atoms with Crippen LogP contribution in [0.15, 0.2) is 18.2 Å². The zero-order chi connectivity index (χ0) is 14.0. The topological polar surface area (TPSA) is 39.2 Å². The van der Waals surface area contributed by atoms with Crippen molar-refractivity contribution in [3.05, 3.63) is 33.8 Å². The molecule has 2 aromatic rings. The maximum absolute atomic E-state index is 12.3. The zero-order valence-electron chi connectivity index (χ0n) is 9.69. The minimum absolute atomic E-state index is 0.0226. The highest BCUT2D eigenvalue weighted by Crippen LogP contribution is 2.36. The van der Waals surface area contributed by atoms with E-state index in [1.54, 1.807) is 6.92 Å². The summed E-state index contributed by atoms with van der Waals surface area (Å²) in [6.07, 6.45) is 0.675. The van der Waals surface area contributed by atoms with E-state index in [9.17, 15) is 13.6 Å². The van der Waals surface area contributed by atoms with Gasteiger partial charge in [-0.1, -0.05) is 11.6 Å². The number of aryl methyl sites for hydroxylation is 1. The van der Waals surface area contributed by atoms with Crippen molar-refractivity contribution in [1.82, 2.24) is 4.98 Å². The van der Waals surface area contributed by atoms with E-state index in [4.69, 9.17) is 11.6 Å². The van der Waals surface area contributed by atoms with Gasteiger partial charge in [0.05, 0.1) is 16.1 Å². The first-order valence-corrected chi connectivity index (χ1v) is 6.38. The number of halogens is 3. The van der Waals surface area contributed by atoms with E-state index in [-0.39, 0.29) is 5.75 Å². The van der Waals surface area contributed by atoms with E-state index in [0.29, 0.717) is 32.5 Å². The molecule has 1 aromatic heterocycles. The van der Waals surface area contributed by atoms with Crippen LogP contribution in [0.1, 0.15) is 15.4 Å². The Morgan fingerprint density at radius 2 is 2.21 bits per heavy atom. The monoisotopic (exact) mass is 303 g/mol. The number of nitrogens with zero attached hydrogens (tertiary/aromatic N) is 1. The number of benzene rings is 1. The van der Waals surface area contributed by atoms with Crippen molar-refractivity contribution in [3.63, 3.8) is 0 Å². The Kier molecular flexibility index (Phi) is 4.11. The minimum Gasteiger partial charge on any atom is -0.434 e. The van der Waals surface area contributed by atoms with E-state index < -0.39 is 6.61 Å². The summed E-state index contributed by atoms with van der Waals surface area (Å²) in [4.78, 5) is 15.4. The molecule has 7 heteroatoms. The molecule has 0 saturated heterocycles. The molecule has 19 heavy (non-hydrogen) atoms. The lowest BCUT2D eigenvalue weighted by molar-refractivity contribution is -0.0494. The number of aldehydes is 1. The molecule has 0 N–H and O–H groups in total. The number of hydrogen-bond donors (Lipinski definition) is 0. The lowest BCUT2D eigenvalue weighted by atomic mass is 10.2. The molecule has 0 amide bonds. The van der Waals surface area contributed by atoms with Crippen LogP contribution in [0.4, 0.5) is 8.78 Å². The molecule has 0 unspecified atom stereocenters. The number of alkyl halides is 2. The third-order valence-corrected chi connectivity index (χ3v) is 3.68. The van der Waals surface area contributed by atoms with Crippen LogP contribution >= 0.6 is 22.9 Å². The van der Waals surface area contributed by atoms with Crippen molar-refractivity contribution in [2.45, 2.75) is 13.5 Å². The quantitative estimate of drug-likeness (QED) is 0.795. The Labute approximate surface area is 116 Å². The number of thiazole rings is 1. The molecule has 0 bridgehead atoms. The normalized spacial score (nSPS) is 10.8. The molecular weight excluding hydrogens is 296 g/mol. The highest BCUT2D eigenvalue weighted by atomic mass is 35.5. The predicted molar refractivity (Wildman–Crippen MR) is 69.3 cm³/mol. The van der Waals surface area contributed by atoms with Crippen LogP contribution in [0.2, 0.25) is 5.02 Å². The molecule has 0 aliphatic carbocycles. The number of rotatable bonds is 4. The van der Waals surface area contributed by atoms with Gasteiger partial charge in [-0.25, -0.2) is 4.98 Å². The molecule has 0 atom stereocenters. The molecule has 0 saturated carbocycles. The van der Waals surface area contributed by atoms with Gasteiger partial charge in [0, 0.05) is 5.02 Å². The maximum Gasteiger partial charge on any atom is 0.387 e. The number of aromatic nitrogens is 1. The molecule has 100 valence electrons. The molecule has 2 rings (SSSR count). The lowest BCUT2D eigenvalue weighted by Gasteiger charge is -2.09. The molecule has 3 nitrogen and oxygen atoms in total. The summed E-state index contributed by atoms with van der Waals surface area (Å²) >= 11 is 6.95. The fraction of sp³-hybridized carbons (Fsp3) is 0.167. The third-order valence-electron chi connectivity index (χ3n) is 2.33. The van der Waals surface area contributed by atoms with Gasteiger partial charge in [0.2, 0.25) is 0 Å². The molecule has 0 fully saturated rings. The van der Waals surface area contributed by atoms with Crippen LogP contribution in [-0.4, -0.2) is 17.9 Å². The first-order valence-electron chi connectivity index (χ1n) is 5.18. The summed E-state index contributed by atoms with van der Waals surface area (Å²) in [7, 11) is 0. The van der Waals surface area contributed by atoms with Gasteiger partial charge >= 0.3 is 6.61 Å². The molecule has 0 aliphatic rings. The molecule has 1 heterocycles. The van der Waals surface area contributed by atoms with E-state index in [1.165, 1.54) is 18.2 Å². The standard InChI is InChI=1S/C12H8ClF2NO2S/c1-6-10(5-17)19-11(16-6)8-4-7(13)2-3-9(8)18-12(14)15/h2-5,12H,1H3. The second kappa shape index (κ2) is 5.63. The molecule has 1 aromatic carbocycles. The SMILES string of the molecule is Cc1nc(-c2cc(Cl)ccc2OC(F)F)sc1C=O. The van der Waals surface area contributed by atoms with Crippen molar-refractivity contribution in [2.75, 3.05) is 0 Å². The van der Waals surface area contributed by atoms with Crippen LogP contribution in [0.3, 0.4) is 0 Å². The second-order valence-electron chi connectivity index (χ2n) is 3.61. The summed E-state index contributed by atoms with van der Waals surface area (Å²) in [5.74, 6) is -0.0226. The molecule has 0 radical (unpaired) electrons. The van der Waals surface area contributed by atoms with Gasteiger partial charge in [0.15, 0.2) is 6.29 Å². The first kappa shape index (κ1) is 13.9. The van der Waals surface area contributed by atoms with E-state index >= 15 is 0 Å². The van der Waals surface area contributed by atoms with Gasteiger partial charge in [-0.3, -0.25) is 4.79 Å². The number of carbonyl (C=O) groups is 1. The average Bonchev–Trinajstić information content (AvgIpc) is 2.72. The fourth-order valence-corrected chi connectivity index (χ4v) is 2.57. The van der Waals surface area contributed by atoms with E-state index in [0.717, 1.165) is 11.3 Å². The summed E-state index contributed by atoms with van der Waals surface area (Å²) in [6.45, 7) is -1.27. The van der Waals surface area contributed by atoms with Gasteiger partial charge in [-0.2, -0.15) is 8.78 Å². The van der Waals surface area contributed by atoms with E-state index in [1.807, 2.05) is 0 Å². The van der Waals surface area contributed by atoms with Crippen LogP contribution in [0.5, 0.6) is 5.75 Å². The first-order chi connectivity index (χ1) is 9.01. The van der Waals surface area contributed by atoms with Crippen LogP contribution < -0.4 is 4.74 Å². The van der Waals surface area contributed by atoms with E-state index in [2.05, 4.69) is 9.72 Å². The van der Waals surface area contributed by atoms with Crippen molar-refractivity contribution in [1.29, 1.82) is 0 Å². The highest BCUT2D eigenvalue weighted by molar-refractivity contribution is 7.16. The highest BCUT2D eigenvalue weighted by Gasteiger charge is 2.16. The third kappa shape index (κ3) is 3.08. The van der Waals surface area contributed by atoms with Crippen molar-refractivity contribution in [2.24, 2.45) is 0 Å².